The summed E-state index contributed by atoms with van der Waals surface area (Å²) in [5, 5.41) is 0. The molecule has 0 radical (unpaired) electrons. The van der Waals surface area contributed by atoms with Crippen molar-refractivity contribution in [1.82, 2.24) is 9.97 Å². The highest BCUT2D eigenvalue weighted by molar-refractivity contribution is 5.89. The third-order valence-corrected chi connectivity index (χ3v) is 2.18. The first-order valence-electron chi connectivity index (χ1n) is 5.11. The van der Waals surface area contributed by atoms with Gasteiger partial charge < -0.3 is 4.74 Å². The Morgan fingerprint density at radius 2 is 2.19 bits per heavy atom. The van der Waals surface area contributed by atoms with Crippen molar-refractivity contribution in [3.63, 3.8) is 0 Å². The smallest absolute Gasteiger partial charge is 0.358 e. The molecular formula is C12H12N2O2. The number of aromatic nitrogens is 2. The molecule has 0 saturated heterocycles. The molecule has 0 atom stereocenters. The van der Waals surface area contributed by atoms with Crippen LogP contribution in [-0.2, 0) is 4.74 Å². The maximum Gasteiger partial charge on any atom is 0.358 e. The summed E-state index contributed by atoms with van der Waals surface area (Å²) in [5.74, 6) is -0.432. The maximum atomic E-state index is 11.4. The Morgan fingerprint density at radius 3 is 2.94 bits per heavy atom. The monoisotopic (exact) mass is 216 g/mol. The van der Waals surface area contributed by atoms with Crippen LogP contribution >= 0.6 is 0 Å². The van der Waals surface area contributed by atoms with Crippen LogP contribution in [0.25, 0.3) is 11.0 Å². The molecule has 0 fully saturated rings. The summed E-state index contributed by atoms with van der Waals surface area (Å²) in [6, 6.07) is 5.73. The topological polar surface area (TPSA) is 52.1 Å². The molecule has 0 aliphatic heterocycles. The molecule has 2 rings (SSSR count). The van der Waals surface area contributed by atoms with E-state index in [-0.39, 0.29) is 5.69 Å². The first-order chi connectivity index (χ1) is 7.70. The zero-order chi connectivity index (χ0) is 11.5. The number of esters is 1. The van der Waals surface area contributed by atoms with Crippen molar-refractivity contribution < 1.29 is 9.53 Å². The molecular weight excluding hydrogens is 204 g/mol. The van der Waals surface area contributed by atoms with Crippen molar-refractivity contribution in [1.29, 1.82) is 0 Å². The Hall–Kier alpha value is -1.97. The van der Waals surface area contributed by atoms with Gasteiger partial charge in [-0.2, -0.15) is 0 Å². The molecule has 2 aromatic rings. The minimum Gasteiger partial charge on any atom is -0.461 e. The average molecular weight is 216 g/mol. The van der Waals surface area contributed by atoms with Gasteiger partial charge in [0.15, 0.2) is 5.69 Å². The van der Waals surface area contributed by atoms with Crippen LogP contribution in [0.2, 0.25) is 0 Å². The Bertz CT molecular complexity index is 538. The molecule has 1 heterocycles. The van der Waals surface area contributed by atoms with Crippen LogP contribution in [0.3, 0.4) is 0 Å². The standard InChI is InChI=1S/C12H12N2O2/c1-3-16-12(15)11-7-13-9-5-4-8(2)6-10(9)14-11/h4-7H,3H2,1-2H3. The fourth-order valence-corrected chi connectivity index (χ4v) is 1.42. The number of hydrogen-bond acceptors (Lipinski definition) is 4. The summed E-state index contributed by atoms with van der Waals surface area (Å²) < 4.78 is 4.87. The van der Waals surface area contributed by atoms with Crippen molar-refractivity contribution in [2.24, 2.45) is 0 Å². The zero-order valence-corrected chi connectivity index (χ0v) is 9.23. The van der Waals surface area contributed by atoms with E-state index in [0.29, 0.717) is 12.1 Å². The number of ether oxygens (including phenoxy) is 1. The molecule has 82 valence electrons. The lowest BCUT2D eigenvalue weighted by Crippen LogP contribution is -2.07. The van der Waals surface area contributed by atoms with Crippen molar-refractivity contribution in [3.05, 3.63) is 35.7 Å². The SMILES string of the molecule is CCOC(=O)c1cnc2ccc(C)cc2n1. The predicted molar refractivity (Wildman–Crippen MR) is 60.2 cm³/mol. The van der Waals surface area contributed by atoms with Gasteiger partial charge in [0.05, 0.1) is 23.8 Å². The summed E-state index contributed by atoms with van der Waals surface area (Å²) in [6.45, 7) is 4.07. The van der Waals surface area contributed by atoms with Gasteiger partial charge in [0.1, 0.15) is 0 Å². The van der Waals surface area contributed by atoms with Crippen LogP contribution in [0.15, 0.2) is 24.4 Å². The van der Waals surface area contributed by atoms with Crippen molar-refractivity contribution in [3.8, 4) is 0 Å². The molecule has 1 aromatic carbocycles. The average Bonchev–Trinajstić information content (AvgIpc) is 2.28. The first-order valence-corrected chi connectivity index (χ1v) is 5.11. The molecule has 0 N–H and O–H groups in total. The number of carbonyl (C=O) groups is 1. The second kappa shape index (κ2) is 4.26. The number of nitrogens with zero attached hydrogens (tertiary/aromatic N) is 2. The van der Waals surface area contributed by atoms with Crippen molar-refractivity contribution in [2.75, 3.05) is 6.61 Å². The normalized spacial score (nSPS) is 10.4. The van der Waals surface area contributed by atoms with E-state index in [1.807, 2.05) is 25.1 Å². The summed E-state index contributed by atoms with van der Waals surface area (Å²) in [5.41, 5.74) is 2.83. The number of rotatable bonds is 2. The lowest BCUT2D eigenvalue weighted by molar-refractivity contribution is 0.0519. The van der Waals surface area contributed by atoms with Crippen LogP contribution in [0.4, 0.5) is 0 Å². The van der Waals surface area contributed by atoms with Crippen LogP contribution in [0, 0.1) is 6.92 Å². The minimum atomic E-state index is -0.432. The maximum absolute atomic E-state index is 11.4. The Morgan fingerprint density at radius 1 is 1.38 bits per heavy atom. The molecule has 4 heteroatoms. The Kier molecular flexibility index (Phi) is 2.81. The first kappa shape index (κ1) is 10.5. The lowest BCUT2D eigenvalue weighted by Gasteiger charge is -2.02. The minimum absolute atomic E-state index is 0.250. The Balaban J connectivity index is 2.46. The number of fused-ring (bicyclic) bond motifs is 1. The fourth-order valence-electron chi connectivity index (χ4n) is 1.42. The van der Waals surface area contributed by atoms with Crippen molar-refractivity contribution >= 4 is 17.0 Å². The van der Waals surface area contributed by atoms with E-state index in [1.165, 1.54) is 6.20 Å². The summed E-state index contributed by atoms with van der Waals surface area (Å²) in [6.07, 6.45) is 1.44. The molecule has 0 bridgehead atoms. The van der Waals surface area contributed by atoms with E-state index in [1.54, 1.807) is 6.92 Å². The second-order valence-electron chi connectivity index (χ2n) is 3.47. The number of benzene rings is 1. The van der Waals surface area contributed by atoms with E-state index >= 15 is 0 Å². The van der Waals surface area contributed by atoms with E-state index in [2.05, 4.69) is 9.97 Å². The lowest BCUT2D eigenvalue weighted by atomic mass is 10.2. The second-order valence-corrected chi connectivity index (χ2v) is 3.47. The van der Waals surface area contributed by atoms with Gasteiger partial charge in [-0.15, -0.1) is 0 Å². The van der Waals surface area contributed by atoms with Crippen LogP contribution in [0.5, 0.6) is 0 Å². The van der Waals surface area contributed by atoms with Gasteiger partial charge >= 0.3 is 5.97 Å². The van der Waals surface area contributed by atoms with E-state index < -0.39 is 5.97 Å². The molecule has 0 amide bonds. The number of hydrogen-bond donors (Lipinski definition) is 0. The molecule has 0 spiro atoms. The van der Waals surface area contributed by atoms with Gasteiger partial charge in [0.2, 0.25) is 0 Å². The van der Waals surface area contributed by atoms with Gasteiger partial charge in [-0.3, -0.25) is 4.98 Å². The molecule has 0 unspecified atom stereocenters. The molecule has 0 aliphatic rings. The largest absolute Gasteiger partial charge is 0.461 e. The van der Waals surface area contributed by atoms with Gasteiger partial charge in [-0.05, 0) is 31.5 Å². The quantitative estimate of drug-likeness (QED) is 0.721. The van der Waals surface area contributed by atoms with Gasteiger partial charge in [-0.25, -0.2) is 9.78 Å². The van der Waals surface area contributed by atoms with Gasteiger partial charge in [-0.1, -0.05) is 6.07 Å². The molecule has 0 aliphatic carbocycles. The fraction of sp³-hybridized carbons (Fsp3) is 0.250. The summed E-state index contributed by atoms with van der Waals surface area (Å²) in [4.78, 5) is 19.8. The van der Waals surface area contributed by atoms with E-state index in [4.69, 9.17) is 4.74 Å². The molecule has 1 aromatic heterocycles. The zero-order valence-electron chi connectivity index (χ0n) is 9.23. The van der Waals surface area contributed by atoms with E-state index in [9.17, 15) is 4.79 Å². The van der Waals surface area contributed by atoms with Crippen molar-refractivity contribution in [2.45, 2.75) is 13.8 Å². The van der Waals surface area contributed by atoms with Crippen LogP contribution < -0.4 is 0 Å². The third-order valence-electron chi connectivity index (χ3n) is 2.18. The highest BCUT2D eigenvalue weighted by atomic mass is 16.5. The number of aryl methyl sites for hydroxylation is 1. The molecule has 0 saturated carbocycles. The Labute approximate surface area is 93.3 Å². The highest BCUT2D eigenvalue weighted by Gasteiger charge is 2.09. The van der Waals surface area contributed by atoms with Gasteiger partial charge in [0.25, 0.3) is 0 Å². The molecule has 16 heavy (non-hydrogen) atoms. The summed E-state index contributed by atoms with van der Waals surface area (Å²) >= 11 is 0. The predicted octanol–water partition coefficient (Wildman–Crippen LogP) is 2.11. The van der Waals surface area contributed by atoms with Gasteiger partial charge in [0, 0.05) is 0 Å². The van der Waals surface area contributed by atoms with Crippen LogP contribution in [0.1, 0.15) is 23.0 Å². The highest BCUT2D eigenvalue weighted by Crippen LogP contribution is 2.11. The van der Waals surface area contributed by atoms with Crippen LogP contribution in [-0.4, -0.2) is 22.5 Å². The summed E-state index contributed by atoms with van der Waals surface area (Å²) in [7, 11) is 0. The van der Waals surface area contributed by atoms with E-state index in [0.717, 1.165) is 11.1 Å². The number of carbonyl (C=O) groups excluding carboxylic acids is 1. The third kappa shape index (κ3) is 2.00. The molecule has 4 nitrogen and oxygen atoms in total.